The predicted molar refractivity (Wildman–Crippen MR) is 71.5 cm³/mol. The zero-order chi connectivity index (χ0) is 13.7. The standard InChI is InChI=1S/C12H21N5O2/c1-2-16-5-6-19-10(8-16)7-14-12(18)9-17-4-3-11(13)15-17/h3-4,10H,2,5-9H2,1H3,(H2,13,15)(H,14,18). The summed E-state index contributed by atoms with van der Waals surface area (Å²) in [4.78, 5) is 14.0. The third-order valence-electron chi connectivity index (χ3n) is 3.16. The summed E-state index contributed by atoms with van der Waals surface area (Å²) < 4.78 is 7.13. The van der Waals surface area contributed by atoms with E-state index >= 15 is 0 Å². The Kier molecular flexibility index (Phi) is 4.75. The average molecular weight is 267 g/mol. The number of amides is 1. The highest BCUT2D eigenvalue weighted by Crippen LogP contribution is 2.03. The quantitative estimate of drug-likeness (QED) is 0.737. The number of rotatable bonds is 5. The first kappa shape index (κ1) is 13.8. The van der Waals surface area contributed by atoms with Crippen LogP contribution in [0.5, 0.6) is 0 Å². The van der Waals surface area contributed by atoms with Crippen LogP contribution in [0.25, 0.3) is 0 Å². The lowest BCUT2D eigenvalue weighted by Crippen LogP contribution is -2.47. The van der Waals surface area contributed by atoms with Gasteiger partial charge in [0, 0.05) is 25.8 Å². The van der Waals surface area contributed by atoms with E-state index < -0.39 is 0 Å². The largest absolute Gasteiger partial charge is 0.382 e. The van der Waals surface area contributed by atoms with Gasteiger partial charge in [-0.3, -0.25) is 14.4 Å². The number of hydrogen-bond donors (Lipinski definition) is 2. The fourth-order valence-electron chi connectivity index (χ4n) is 2.09. The minimum Gasteiger partial charge on any atom is -0.382 e. The van der Waals surface area contributed by atoms with Gasteiger partial charge < -0.3 is 15.8 Å². The third-order valence-corrected chi connectivity index (χ3v) is 3.16. The van der Waals surface area contributed by atoms with Crippen molar-refractivity contribution in [3.63, 3.8) is 0 Å². The molecule has 1 unspecified atom stereocenters. The summed E-state index contributed by atoms with van der Waals surface area (Å²) in [5.41, 5.74) is 5.49. The summed E-state index contributed by atoms with van der Waals surface area (Å²) in [5.74, 6) is 0.335. The van der Waals surface area contributed by atoms with Crippen LogP contribution in [0.15, 0.2) is 12.3 Å². The van der Waals surface area contributed by atoms with Crippen LogP contribution in [0.2, 0.25) is 0 Å². The van der Waals surface area contributed by atoms with Crippen molar-refractivity contribution in [2.45, 2.75) is 19.6 Å². The molecule has 1 aromatic heterocycles. The summed E-state index contributed by atoms with van der Waals surface area (Å²) >= 11 is 0. The van der Waals surface area contributed by atoms with Crippen molar-refractivity contribution in [1.82, 2.24) is 20.0 Å². The minimum atomic E-state index is -0.0830. The molecule has 7 nitrogen and oxygen atoms in total. The van der Waals surface area contributed by atoms with Gasteiger partial charge in [0.05, 0.1) is 12.7 Å². The van der Waals surface area contributed by atoms with Gasteiger partial charge in [-0.25, -0.2) is 0 Å². The molecule has 106 valence electrons. The van der Waals surface area contributed by atoms with Crippen LogP contribution in [-0.4, -0.2) is 59.5 Å². The van der Waals surface area contributed by atoms with Gasteiger partial charge in [-0.2, -0.15) is 5.10 Å². The monoisotopic (exact) mass is 267 g/mol. The number of anilines is 1. The first-order valence-electron chi connectivity index (χ1n) is 6.57. The maximum Gasteiger partial charge on any atom is 0.241 e. The third kappa shape index (κ3) is 4.22. The van der Waals surface area contributed by atoms with E-state index in [0.29, 0.717) is 12.4 Å². The van der Waals surface area contributed by atoms with Crippen LogP contribution in [0, 0.1) is 0 Å². The number of morpholine rings is 1. The molecule has 0 aliphatic carbocycles. The molecule has 0 aromatic carbocycles. The predicted octanol–water partition coefficient (Wildman–Crippen LogP) is -0.698. The summed E-state index contributed by atoms with van der Waals surface area (Å²) in [6.07, 6.45) is 1.76. The number of aromatic nitrogens is 2. The summed E-state index contributed by atoms with van der Waals surface area (Å²) in [6, 6.07) is 1.66. The van der Waals surface area contributed by atoms with E-state index in [-0.39, 0.29) is 18.6 Å². The number of nitrogens with zero attached hydrogens (tertiary/aromatic N) is 3. The molecule has 7 heteroatoms. The number of nitrogens with two attached hydrogens (primary N) is 1. The van der Waals surface area contributed by atoms with Crippen molar-refractivity contribution in [1.29, 1.82) is 0 Å². The molecule has 1 atom stereocenters. The number of likely N-dealkylation sites (N-methyl/N-ethyl adjacent to an activating group) is 1. The summed E-state index contributed by atoms with van der Waals surface area (Å²) in [7, 11) is 0. The fraction of sp³-hybridized carbons (Fsp3) is 0.667. The maximum absolute atomic E-state index is 11.7. The summed E-state index contributed by atoms with van der Waals surface area (Å²) in [6.45, 7) is 6.42. The van der Waals surface area contributed by atoms with E-state index in [0.717, 1.165) is 26.2 Å². The first-order valence-corrected chi connectivity index (χ1v) is 6.57. The van der Waals surface area contributed by atoms with Crippen LogP contribution in [-0.2, 0) is 16.1 Å². The minimum absolute atomic E-state index is 0.0698. The highest BCUT2D eigenvalue weighted by Gasteiger charge is 2.19. The lowest BCUT2D eigenvalue weighted by Gasteiger charge is -2.32. The molecule has 0 radical (unpaired) electrons. The fourth-order valence-corrected chi connectivity index (χ4v) is 2.09. The highest BCUT2D eigenvalue weighted by atomic mass is 16.5. The van der Waals surface area contributed by atoms with Crippen LogP contribution in [0.1, 0.15) is 6.92 Å². The van der Waals surface area contributed by atoms with Crippen molar-refractivity contribution in [2.24, 2.45) is 0 Å². The van der Waals surface area contributed by atoms with Gasteiger partial charge in [0.15, 0.2) is 0 Å². The number of carbonyl (C=O) groups excluding carboxylic acids is 1. The van der Waals surface area contributed by atoms with E-state index in [4.69, 9.17) is 10.5 Å². The molecule has 0 spiro atoms. The zero-order valence-electron chi connectivity index (χ0n) is 11.2. The van der Waals surface area contributed by atoms with Crippen LogP contribution in [0.4, 0.5) is 5.82 Å². The number of nitrogen functional groups attached to an aromatic ring is 1. The molecule has 0 bridgehead atoms. The molecule has 2 rings (SSSR count). The lowest BCUT2D eigenvalue weighted by molar-refractivity contribution is -0.123. The number of carbonyl (C=O) groups is 1. The van der Waals surface area contributed by atoms with Crippen LogP contribution >= 0.6 is 0 Å². The number of hydrogen-bond acceptors (Lipinski definition) is 5. The van der Waals surface area contributed by atoms with Gasteiger partial charge in [-0.1, -0.05) is 6.92 Å². The van der Waals surface area contributed by atoms with Crippen molar-refractivity contribution < 1.29 is 9.53 Å². The molecule has 1 aliphatic heterocycles. The van der Waals surface area contributed by atoms with Gasteiger partial charge in [-0.15, -0.1) is 0 Å². The highest BCUT2D eigenvalue weighted by molar-refractivity contribution is 5.75. The molecule has 1 saturated heterocycles. The number of ether oxygens (including phenoxy) is 1. The van der Waals surface area contributed by atoms with Gasteiger partial charge in [0.25, 0.3) is 0 Å². The average Bonchev–Trinajstić information content (AvgIpc) is 2.82. The second-order valence-electron chi connectivity index (χ2n) is 4.63. The molecule has 1 amide bonds. The molecular formula is C12H21N5O2. The Bertz CT molecular complexity index is 420. The molecular weight excluding hydrogens is 246 g/mol. The van der Waals surface area contributed by atoms with Crippen LogP contribution < -0.4 is 11.1 Å². The Morgan fingerprint density at radius 1 is 1.68 bits per heavy atom. The SMILES string of the molecule is CCN1CCOC(CNC(=O)Cn2ccc(N)n2)C1. The lowest BCUT2D eigenvalue weighted by atomic mass is 10.2. The second kappa shape index (κ2) is 6.53. The Hall–Kier alpha value is -1.60. The molecule has 1 fully saturated rings. The molecule has 1 aromatic rings. The molecule has 1 aliphatic rings. The Morgan fingerprint density at radius 3 is 3.21 bits per heavy atom. The van der Waals surface area contributed by atoms with Crippen molar-refractivity contribution in [3.05, 3.63) is 12.3 Å². The normalized spacial score (nSPS) is 20.4. The smallest absolute Gasteiger partial charge is 0.241 e. The van der Waals surface area contributed by atoms with E-state index in [1.54, 1.807) is 12.3 Å². The van der Waals surface area contributed by atoms with Crippen molar-refractivity contribution >= 4 is 11.7 Å². The Morgan fingerprint density at radius 2 is 2.53 bits per heavy atom. The topological polar surface area (TPSA) is 85.4 Å². The van der Waals surface area contributed by atoms with Crippen LogP contribution in [0.3, 0.4) is 0 Å². The van der Waals surface area contributed by atoms with Crippen molar-refractivity contribution in [3.8, 4) is 0 Å². The van der Waals surface area contributed by atoms with E-state index in [1.165, 1.54) is 4.68 Å². The van der Waals surface area contributed by atoms with E-state index in [9.17, 15) is 4.79 Å². The molecule has 3 N–H and O–H groups in total. The molecule has 2 heterocycles. The first-order chi connectivity index (χ1) is 9.17. The van der Waals surface area contributed by atoms with E-state index in [2.05, 4.69) is 22.2 Å². The molecule has 19 heavy (non-hydrogen) atoms. The Labute approximate surface area is 112 Å². The van der Waals surface area contributed by atoms with E-state index in [1.807, 2.05) is 0 Å². The number of nitrogens with one attached hydrogen (secondary N) is 1. The maximum atomic E-state index is 11.7. The zero-order valence-corrected chi connectivity index (χ0v) is 11.2. The van der Waals surface area contributed by atoms with Gasteiger partial charge in [0.1, 0.15) is 12.4 Å². The van der Waals surface area contributed by atoms with Crippen molar-refractivity contribution in [2.75, 3.05) is 38.5 Å². The van der Waals surface area contributed by atoms with Gasteiger partial charge >= 0.3 is 0 Å². The summed E-state index contributed by atoms with van der Waals surface area (Å²) in [5, 5.41) is 6.83. The second-order valence-corrected chi connectivity index (χ2v) is 4.63. The Balaban J connectivity index is 1.71. The van der Waals surface area contributed by atoms with Gasteiger partial charge in [0.2, 0.25) is 5.91 Å². The van der Waals surface area contributed by atoms with Gasteiger partial charge in [-0.05, 0) is 12.6 Å². The molecule has 0 saturated carbocycles.